The Kier molecular flexibility index (Phi) is 5.00. The van der Waals surface area contributed by atoms with E-state index in [0.29, 0.717) is 4.90 Å². The van der Waals surface area contributed by atoms with Crippen molar-refractivity contribution in [3.63, 3.8) is 0 Å². The number of hydrogen-bond donors (Lipinski definition) is 2. The van der Waals surface area contributed by atoms with E-state index in [1.165, 1.54) is 0 Å². The molecule has 0 unspecified atom stereocenters. The van der Waals surface area contributed by atoms with E-state index in [-0.39, 0.29) is 13.2 Å². The molecule has 0 aromatic heterocycles. The van der Waals surface area contributed by atoms with E-state index in [0.717, 1.165) is 22.3 Å². The summed E-state index contributed by atoms with van der Waals surface area (Å²) in [5, 5.41) is 9.22. The van der Waals surface area contributed by atoms with Gasteiger partial charge in [0.05, 0.1) is 4.90 Å². The zero-order valence-electron chi connectivity index (χ0n) is 13.2. The summed E-state index contributed by atoms with van der Waals surface area (Å²) in [6.45, 7) is 11.3. The number of benzene rings is 1. The van der Waals surface area contributed by atoms with Crippen LogP contribution < -0.4 is 4.72 Å². The van der Waals surface area contributed by atoms with E-state index in [9.17, 15) is 13.5 Å². The summed E-state index contributed by atoms with van der Waals surface area (Å²) in [7, 11) is -3.57. The summed E-state index contributed by atoms with van der Waals surface area (Å²) >= 11 is 0. The fourth-order valence-corrected chi connectivity index (χ4v) is 3.86. The van der Waals surface area contributed by atoms with Crippen LogP contribution >= 0.6 is 0 Å². The first-order valence-electron chi connectivity index (χ1n) is 6.70. The van der Waals surface area contributed by atoms with Crippen molar-refractivity contribution in [3.8, 4) is 0 Å². The largest absolute Gasteiger partial charge is 0.396 e. The molecule has 0 amide bonds. The Morgan fingerprint density at radius 2 is 1.55 bits per heavy atom. The number of aryl methyl sites for hydroxylation is 2. The summed E-state index contributed by atoms with van der Waals surface area (Å²) in [6, 6.07) is 2.00. The summed E-state index contributed by atoms with van der Waals surface area (Å²) in [6.07, 6.45) is 0. The lowest BCUT2D eigenvalue weighted by atomic mass is 9.96. The molecule has 0 saturated carbocycles. The van der Waals surface area contributed by atoms with E-state index in [1.807, 2.05) is 47.6 Å². The van der Waals surface area contributed by atoms with Gasteiger partial charge in [-0.05, 0) is 49.9 Å². The minimum atomic E-state index is -3.57. The molecule has 0 fully saturated rings. The first-order chi connectivity index (χ1) is 9.02. The molecular weight excluding hydrogens is 274 g/mol. The average molecular weight is 299 g/mol. The highest BCUT2D eigenvalue weighted by atomic mass is 32.2. The quantitative estimate of drug-likeness (QED) is 0.876. The summed E-state index contributed by atoms with van der Waals surface area (Å²) < 4.78 is 27.7. The van der Waals surface area contributed by atoms with Crippen molar-refractivity contribution in [1.29, 1.82) is 0 Å². The lowest BCUT2D eigenvalue weighted by Gasteiger charge is -2.23. The van der Waals surface area contributed by atoms with Crippen molar-refractivity contribution >= 4 is 10.0 Å². The molecule has 0 atom stereocenters. The standard InChI is InChI=1S/C15H25NO3S/c1-10-7-11(2)13(4)14(12(10)3)20(18,19)16-8-15(5,6)9-17/h7,16-17H,8-9H2,1-6H3. The summed E-state index contributed by atoms with van der Waals surface area (Å²) in [5.41, 5.74) is 3.02. The molecule has 114 valence electrons. The lowest BCUT2D eigenvalue weighted by molar-refractivity contribution is 0.163. The molecule has 4 nitrogen and oxygen atoms in total. The Morgan fingerprint density at radius 1 is 1.10 bits per heavy atom. The predicted octanol–water partition coefficient (Wildman–Crippen LogP) is 2.22. The van der Waals surface area contributed by atoms with Crippen LogP contribution in [0.1, 0.15) is 36.1 Å². The molecule has 0 saturated heterocycles. The van der Waals surface area contributed by atoms with Gasteiger partial charge in [-0.1, -0.05) is 19.9 Å². The van der Waals surface area contributed by atoms with Crippen LogP contribution in [0.4, 0.5) is 0 Å². The molecule has 0 bridgehead atoms. The van der Waals surface area contributed by atoms with Crippen LogP contribution in [0.25, 0.3) is 0 Å². The molecule has 0 spiro atoms. The highest BCUT2D eigenvalue weighted by Gasteiger charge is 2.25. The Hall–Kier alpha value is -0.910. The molecule has 1 aromatic rings. The Balaban J connectivity index is 3.24. The molecule has 0 aliphatic heterocycles. The smallest absolute Gasteiger partial charge is 0.241 e. The van der Waals surface area contributed by atoms with Gasteiger partial charge in [0.15, 0.2) is 0 Å². The number of sulfonamides is 1. The number of aliphatic hydroxyl groups excluding tert-OH is 1. The number of aliphatic hydroxyl groups is 1. The second-order valence-electron chi connectivity index (χ2n) is 6.24. The van der Waals surface area contributed by atoms with Crippen molar-refractivity contribution in [3.05, 3.63) is 28.3 Å². The predicted molar refractivity (Wildman–Crippen MR) is 81.4 cm³/mol. The van der Waals surface area contributed by atoms with Crippen molar-refractivity contribution in [2.24, 2.45) is 5.41 Å². The van der Waals surface area contributed by atoms with E-state index in [2.05, 4.69) is 4.72 Å². The van der Waals surface area contributed by atoms with Gasteiger partial charge in [-0.15, -0.1) is 0 Å². The lowest BCUT2D eigenvalue weighted by Crippen LogP contribution is -2.36. The van der Waals surface area contributed by atoms with Crippen LogP contribution in [0.3, 0.4) is 0 Å². The molecule has 0 aliphatic rings. The first kappa shape index (κ1) is 17.1. The summed E-state index contributed by atoms with van der Waals surface area (Å²) in [5.74, 6) is 0. The van der Waals surface area contributed by atoms with Crippen molar-refractivity contribution < 1.29 is 13.5 Å². The molecular formula is C15H25NO3S. The number of nitrogens with one attached hydrogen (secondary N) is 1. The van der Waals surface area contributed by atoms with Crippen LogP contribution in [0.2, 0.25) is 0 Å². The maximum atomic E-state index is 12.5. The molecule has 20 heavy (non-hydrogen) atoms. The van der Waals surface area contributed by atoms with Crippen LogP contribution in [0.15, 0.2) is 11.0 Å². The second-order valence-corrected chi connectivity index (χ2v) is 7.94. The Labute approximate surface area is 122 Å². The molecule has 0 aliphatic carbocycles. The van der Waals surface area contributed by atoms with Gasteiger partial charge in [-0.3, -0.25) is 0 Å². The summed E-state index contributed by atoms with van der Waals surface area (Å²) in [4.78, 5) is 0.365. The number of hydrogen-bond acceptors (Lipinski definition) is 3. The van der Waals surface area contributed by atoms with Crippen LogP contribution in [-0.4, -0.2) is 26.7 Å². The maximum Gasteiger partial charge on any atom is 0.241 e. The van der Waals surface area contributed by atoms with E-state index in [4.69, 9.17) is 0 Å². The van der Waals surface area contributed by atoms with Gasteiger partial charge in [-0.2, -0.15) is 0 Å². The zero-order valence-corrected chi connectivity index (χ0v) is 14.0. The van der Waals surface area contributed by atoms with Crippen LogP contribution in [-0.2, 0) is 10.0 Å². The normalized spacial score (nSPS) is 12.8. The third-order valence-electron chi connectivity index (χ3n) is 3.73. The molecule has 0 radical (unpaired) electrons. The van der Waals surface area contributed by atoms with Gasteiger partial charge in [0.1, 0.15) is 0 Å². The van der Waals surface area contributed by atoms with Gasteiger partial charge in [0.25, 0.3) is 0 Å². The van der Waals surface area contributed by atoms with E-state index >= 15 is 0 Å². The highest BCUT2D eigenvalue weighted by molar-refractivity contribution is 7.89. The fourth-order valence-electron chi connectivity index (χ4n) is 2.00. The molecule has 5 heteroatoms. The minimum Gasteiger partial charge on any atom is -0.396 e. The average Bonchev–Trinajstić information content (AvgIpc) is 2.34. The SMILES string of the molecule is Cc1cc(C)c(C)c(S(=O)(=O)NCC(C)(C)CO)c1C. The van der Waals surface area contributed by atoms with Gasteiger partial charge in [0.2, 0.25) is 10.0 Å². The second kappa shape index (κ2) is 5.84. The number of rotatable bonds is 5. The van der Waals surface area contributed by atoms with Gasteiger partial charge < -0.3 is 5.11 Å². The van der Waals surface area contributed by atoms with E-state index < -0.39 is 15.4 Å². The van der Waals surface area contributed by atoms with Crippen LogP contribution in [0, 0.1) is 33.1 Å². The van der Waals surface area contributed by atoms with Gasteiger partial charge in [0, 0.05) is 18.6 Å². The minimum absolute atomic E-state index is 0.0691. The Morgan fingerprint density at radius 3 is 1.95 bits per heavy atom. The highest BCUT2D eigenvalue weighted by Crippen LogP contribution is 2.26. The molecule has 1 rings (SSSR count). The fraction of sp³-hybridized carbons (Fsp3) is 0.600. The van der Waals surface area contributed by atoms with Crippen molar-refractivity contribution in [2.75, 3.05) is 13.2 Å². The van der Waals surface area contributed by atoms with E-state index in [1.54, 1.807) is 0 Å². The molecule has 1 aromatic carbocycles. The zero-order chi connectivity index (χ0) is 15.7. The molecule has 2 N–H and O–H groups in total. The third-order valence-corrected chi connectivity index (χ3v) is 5.41. The van der Waals surface area contributed by atoms with Crippen molar-refractivity contribution in [1.82, 2.24) is 4.72 Å². The topological polar surface area (TPSA) is 66.4 Å². The van der Waals surface area contributed by atoms with Gasteiger partial charge >= 0.3 is 0 Å². The van der Waals surface area contributed by atoms with Gasteiger partial charge in [-0.25, -0.2) is 13.1 Å². The van der Waals surface area contributed by atoms with Crippen LogP contribution in [0.5, 0.6) is 0 Å². The molecule has 0 heterocycles. The Bertz CT molecular complexity index is 578. The maximum absolute atomic E-state index is 12.5. The monoisotopic (exact) mass is 299 g/mol. The first-order valence-corrected chi connectivity index (χ1v) is 8.18. The third kappa shape index (κ3) is 3.59. The van der Waals surface area contributed by atoms with Crippen molar-refractivity contribution in [2.45, 2.75) is 46.4 Å².